The Balaban J connectivity index is 1.16. The van der Waals surface area contributed by atoms with E-state index in [0.717, 1.165) is 123 Å². The number of fused-ring (bicyclic) bond motifs is 6. The Morgan fingerprint density at radius 3 is 1.01 bits per heavy atom. The van der Waals surface area contributed by atoms with Crippen LogP contribution in [-0.4, -0.2) is 9.13 Å². The van der Waals surface area contributed by atoms with Crippen LogP contribution in [0.15, 0.2) is 200 Å². The molecule has 13 aromatic rings. The van der Waals surface area contributed by atoms with E-state index in [4.69, 9.17) is 0 Å². The summed E-state index contributed by atoms with van der Waals surface area (Å²) in [6.07, 6.45) is -4.70. The molecule has 0 unspecified atom stereocenters. The van der Waals surface area contributed by atoms with Crippen LogP contribution in [0.1, 0.15) is 61.2 Å². The predicted molar refractivity (Wildman–Crippen MR) is 340 cm³/mol. The summed E-state index contributed by atoms with van der Waals surface area (Å²) in [6, 6.07) is 72.0. The van der Waals surface area contributed by atoms with E-state index in [0.29, 0.717) is 39.2 Å². The Hall–Kier alpha value is -10.2. The lowest BCUT2D eigenvalue weighted by atomic mass is 9.87. The Kier molecular flexibility index (Phi) is 12.9. The highest BCUT2D eigenvalue weighted by Gasteiger charge is 2.33. The second-order valence-corrected chi connectivity index (χ2v) is 22.8. The molecule has 0 aliphatic carbocycles. The zero-order valence-electron chi connectivity index (χ0n) is 48.0. The molecule has 406 valence electrons. The van der Waals surface area contributed by atoms with E-state index in [9.17, 15) is 23.7 Å². The molecule has 0 bridgehead atoms. The first kappa shape index (κ1) is 53.1. The molecule has 0 saturated carbocycles. The fourth-order valence-electron chi connectivity index (χ4n) is 13.1. The monoisotopic (exact) mass is 1090 g/mol. The number of hydrogen-bond acceptors (Lipinski definition) is 2. The van der Waals surface area contributed by atoms with Crippen molar-refractivity contribution in [2.24, 2.45) is 0 Å². The first-order valence-corrected chi connectivity index (χ1v) is 28.2. The molecule has 2 heterocycles. The molecule has 7 heteroatoms. The fourth-order valence-corrected chi connectivity index (χ4v) is 13.1. The van der Waals surface area contributed by atoms with Gasteiger partial charge in [0.15, 0.2) is 0 Å². The third-order valence-corrected chi connectivity index (χ3v) is 17.0. The molecule has 0 N–H and O–H groups in total. The molecular formula is C77H57F3N4. The Bertz CT molecular complexity index is 4790. The van der Waals surface area contributed by atoms with Gasteiger partial charge in [0.25, 0.3) is 0 Å². The highest BCUT2D eigenvalue weighted by Crippen LogP contribution is 2.49. The summed E-state index contributed by atoms with van der Waals surface area (Å²) in [7, 11) is 0. The van der Waals surface area contributed by atoms with Crippen molar-refractivity contribution in [3.05, 3.63) is 261 Å². The van der Waals surface area contributed by atoms with Crippen LogP contribution < -0.4 is 0 Å². The van der Waals surface area contributed by atoms with Crippen LogP contribution in [0.2, 0.25) is 0 Å². The number of aryl methyl sites for hydroxylation is 8. The van der Waals surface area contributed by atoms with Gasteiger partial charge >= 0.3 is 6.18 Å². The highest BCUT2D eigenvalue weighted by atomic mass is 19.4. The van der Waals surface area contributed by atoms with E-state index in [2.05, 4.69) is 222 Å². The third-order valence-electron chi connectivity index (χ3n) is 17.0. The van der Waals surface area contributed by atoms with Gasteiger partial charge in [-0.1, -0.05) is 144 Å². The summed E-state index contributed by atoms with van der Waals surface area (Å²) in [4.78, 5) is 0. The molecule has 0 aliphatic rings. The minimum atomic E-state index is -4.70. The largest absolute Gasteiger partial charge is 0.416 e. The first-order valence-electron chi connectivity index (χ1n) is 28.2. The van der Waals surface area contributed by atoms with E-state index < -0.39 is 11.7 Å². The molecule has 11 aromatic carbocycles. The Morgan fingerprint density at radius 2 is 0.667 bits per heavy atom. The number of nitrogens with zero attached hydrogens (tertiary/aromatic N) is 4. The lowest BCUT2D eigenvalue weighted by Crippen LogP contribution is -2.07. The van der Waals surface area contributed by atoms with Gasteiger partial charge < -0.3 is 9.13 Å². The van der Waals surface area contributed by atoms with Gasteiger partial charge in [0.05, 0.1) is 62.3 Å². The van der Waals surface area contributed by atoms with Gasteiger partial charge in [-0.05, 0) is 207 Å². The average Bonchev–Trinajstić information content (AvgIpc) is 1.67. The first-order chi connectivity index (χ1) is 40.5. The van der Waals surface area contributed by atoms with Gasteiger partial charge in [0.1, 0.15) is 0 Å². The van der Waals surface area contributed by atoms with Crippen molar-refractivity contribution in [2.75, 3.05) is 0 Å². The summed E-state index contributed by atoms with van der Waals surface area (Å²) in [5, 5.41) is 26.5. The topological polar surface area (TPSA) is 57.4 Å². The summed E-state index contributed by atoms with van der Waals surface area (Å²) in [6.45, 7) is 17.0. The van der Waals surface area contributed by atoms with Crippen molar-refractivity contribution >= 4 is 43.6 Å². The van der Waals surface area contributed by atoms with E-state index >= 15 is 0 Å². The average molecular weight is 1100 g/mol. The van der Waals surface area contributed by atoms with Gasteiger partial charge in [-0.2, -0.15) is 23.7 Å². The van der Waals surface area contributed by atoms with Gasteiger partial charge in [0, 0.05) is 38.2 Å². The predicted octanol–water partition coefficient (Wildman–Crippen LogP) is 21.1. The van der Waals surface area contributed by atoms with Crippen LogP contribution in [0.4, 0.5) is 13.2 Å². The van der Waals surface area contributed by atoms with E-state index in [1.165, 1.54) is 28.3 Å². The lowest BCUT2D eigenvalue weighted by Gasteiger charge is -2.23. The van der Waals surface area contributed by atoms with Crippen molar-refractivity contribution in [1.82, 2.24) is 9.13 Å². The zero-order valence-corrected chi connectivity index (χ0v) is 48.0. The zero-order chi connectivity index (χ0) is 58.5. The Morgan fingerprint density at radius 1 is 0.321 bits per heavy atom. The maximum atomic E-state index is 14.6. The number of alkyl halides is 3. The molecule has 13 rings (SSSR count). The molecule has 4 nitrogen and oxygen atoms in total. The molecule has 0 aliphatic heterocycles. The quantitative estimate of drug-likeness (QED) is 0.152. The van der Waals surface area contributed by atoms with Crippen LogP contribution in [0.3, 0.4) is 0 Å². The van der Waals surface area contributed by atoms with Crippen LogP contribution in [0.25, 0.3) is 122 Å². The number of hydrogen-bond donors (Lipinski definition) is 0. The van der Waals surface area contributed by atoms with Crippen molar-refractivity contribution in [3.63, 3.8) is 0 Å². The number of nitriles is 2. The van der Waals surface area contributed by atoms with Crippen molar-refractivity contribution < 1.29 is 13.2 Å². The van der Waals surface area contributed by atoms with Crippen molar-refractivity contribution in [2.45, 2.75) is 61.6 Å². The SMILES string of the molecule is Cc1ccc(-c2ccc3c(c2)c2cc(-c4ccc(C)cc4C)ccc2n3-c2cccc(C#N)c2-c2c(-c3ccc(C(F)(F)F)cc3C#N)cccc2-n2c3ccc(-c4ccc(C)cc4C)cc3c3cc(-c4ccc(C)cc4C)ccc32)c(C)c1. The van der Waals surface area contributed by atoms with E-state index in [-0.39, 0.29) is 5.56 Å². The third kappa shape index (κ3) is 8.92. The molecular weight excluding hydrogens is 1040 g/mol. The van der Waals surface area contributed by atoms with Gasteiger partial charge in [-0.25, -0.2) is 0 Å². The summed E-state index contributed by atoms with van der Waals surface area (Å²) in [5.74, 6) is 0. The molecule has 0 atom stereocenters. The van der Waals surface area contributed by atoms with E-state index in [1.54, 1.807) is 6.07 Å². The molecule has 0 spiro atoms. The number of aromatic nitrogens is 2. The van der Waals surface area contributed by atoms with Gasteiger partial charge in [-0.15, -0.1) is 0 Å². The summed E-state index contributed by atoms with van der Waals surface area (Å²) in [5.41, 5.74) is 24.2. The number of benzene rings is 11. The lowest BCUT2D eigenvalue weighted by molar-refractivity contribution is -0.137. The molecule has 0 saturated heterocycles. The second-order valence-electron chi connectivity index (χ2n) is 22.8. The number of halogens is 3. The standard InChI is InChI=1S/C77H57F3N4/c1-44-15-24-59(48(5)33-44)52-19-29-69-65(38-52)66-39-53(60-25-16-45(2)34-49(60)6)20-30-70(66)83(69)73-13-9-11-56(42-81)75(73)76-64(63-28-23-58(77(78,79)80)37-57(63)43-82)12-10-14-74(76)84-71-31-21-54(61-26-17-46(3)35-50(61)7)40-67(71)68-41-55(22-32-72(68)84)62-27-18-47(4)36-51(62)8/h9-41H,1-8H3. The molecule has 0 amide bonds. The molecule has 2 aromatic heterocycles. The smallest absolute Gasteiger partial charge is 0.309 e. The summed E-state index contributed by atoms with van der Waals surface area (Å²) < 4.78 is 48.3. The Labute approximate surface area is 487 Å². The van der Waals surface area contributed by atoms with Gasteiger partial charge in [0.2, 0.25) is 0 Å². The normalized spacial score (nSPS) is 11.7. The summed E-state index contributed by atoms with van der Waals surface area (Å²) >= 11 is 0. The van der Waals surface area contributed by atoms with Crippen LogP contribution in [0, 0.1) is 78.1 Å². The van der Waals surface area contributed by atoms with Crippen LogP contribution in [-0.2, 0) is 6.18 Å². The van der Waals surface area contributed by atoms with Gasteiger partial charge in [-0.3, -0.25) is 0 Å². The van der Waals surface area contributed by atoms with E-state index in [1.807, 2.05) is 30.3 Å². The minimum Gasteiger partial charge on any atom is -0.309 e. The highest BCUT2D eigenvalue weighted by molar-refractivity contribution is 6.15. The molecule has 84 heavy (non-hydrogen) atoms. The maximum Gasteiger partial charge on any atom is 0.416 e. The van der Waals surface area contributed by atoms with Crippen LogP contribution in [0.5, 0.6) is 0 Å². The van der Waals surface area contributed by atoms with Crippen LogP contribution >= 0.6 is 0 Å². The van der Waals surface area contributed by atoms with Crippen molar-refractivity contribution in [3.8, 4) is 90.3 Å². The minimum absolute atomic E-state index is 0.146. The molecule has 0 fully saturated rings. The van der Waals surface area contributed by atoms with Crippen molar-refractivity contribution in [1.29, 1.82) is 10.5 Å². The molecule has 0 radical (unpaired) electrons. The second kappa shape index (κ2) is 20.3. The number of rotatable bonds is 8. The fraction of sp³-hybridized carbons (Fsp3) is 0.117. The maximum absolute atomic E-state index is 14.6.